The van der Waals surface area contributed by atoms with Crippen molar-refractivity contribution < 1.29 is 19.5 Å². The standard InChI is InChI=1S/C20H35N3O4/c1-3-22(14-19(25)26)17-9-11-23(12-10-17)20(27)15(2)21-18(24)13-16-7-5-4-6-8-16/h15-17H,3-14H2,1-2H3,(H,21,24)(H,25,26). The fourth-order valence-corrected chi connectivity index (χ4v) is 4.41. The highest BCUT2D eigenvalue weighted by Gasteiger charge is 2.30. The summed E-state index contributed by atoms with van der Waals surface area (Å²) in [6.07, 6.45) is 7.99. The van der Waals surface area contributed by atoms with Crippen molar-refractivity contribution in [3.63, 3.8) is 0 Å². The molecule has 2 rings (SSSR count). The molecule has 0 aromatic carbocycles. The van der Waals surface area contributed by atoms with Gasteiger partial charge in [0.2, 0.25) is 11.8 Å². The molecular formula is C20H35N3O4. The molecule has 1 saturated heterocycles. The highest BCUT2D eigenvalue weighted by Crippen LogP contribution is 2.26. The zero-order valence-corrected chi connectivity index (χ0v) is 16.8. The molecule has 1 aliphatic heterocycles. The summed E-state index contributed by atoms with van der Waals surface area (Å²) < 4.78 is 0. The van der Waals surface area contributed by atoms with Crippen molar-refractivity contribution in [3.8, 4) is 0 Å². The summed E-state index contributed by atoms with van der Waals surface area (Å²) in [4.78, 5) is 39.6. The van der Waals surface area contributed by atoms with Crippen LogP contribution in [-0.4, -0.2) is 71.0 Å². The lowest BCUT2D eigenvalue weighted by atomic mass is 9.87. The van der Waals surface area contributed by atoms with E-state index in [9.17, 15) is 14.4 Å². The van der Waals surface area contributed by atoms with E-state index >= 15 is 0 Å². The number of hydrogen-bond acceptors (Lipinski definition) is 4. The number of nitrogens with one attached hydrogen (secondary N) is 1. The maximum Gasteiger partial charge on any atom is 0.317 e. The van der Waals surface area contributed by atoms with Crippen LogP contribution in [-0.2, 0) is 14.4 Å². The van der Waals surface area contributed by atoms with E-state index < -0.39 is 12.0 Å². The van der Waals surface area contributed by atoms with Crippen molar-refractivity contribution in [2.24, 2.45) is 5.92 Å². The molecule has 0 aromatic rings. The van der Waals surface area contributed by atoms with E-state index in [0.29, 0.717) is 32.0 Å². The second kappa shape index (κ2) is 10.6. The van der Waals surface area contributed by atoms with Crippen LogP contribution in [0.5, 0.6) is 0 Å². The van der Waals surface area contributed by atoms with Crippen molar-refractivity contribution in [2.45, 2.75) is 77.3 Å². The Hall–Kier alpha value is -1.63. The molecule has 7 nitrogen and oxygen atoms in total. The van der Waals surface area contributed by atoms with E-state index in [2.05, 4.69) is 5.32 Å². The van der Waals surface area contributed by atoms with Gasteiger partial charge in [0.25, 0.3) is 0 Å². The molecule has 1 aliphatic carbocycles. The first-order valence-electron chi connectivity index (χ1n) is 10.4. The molecule has 0 aromatic heterocycles. The van der Waals surface area contributed by atoms with Crippen molar-refractivity contribution in [1.82, 2.24) is 15.1 Å². The van der Waals surface area contributed by atoms with Crippen molar-refractivity contribution in [3.05, 3.63) is 0 Å². The van der Waals surface area contributed by atoms with Gasteiger partial charge in [-0.1, -0.05) is 26.2 Å². The lowest BCUT2D eigenvalue weighted by Crippen LogP contribution is -2.52. The molecule has 2 aliphatic rings. The summed E-state index contributed by atoms with van der Waals surface area (Å²) in [6.45, 7) is 5.69. The molecule has 0 radical (unpaired) electrons. The van der Waals surface area contributed by atoms with Crippen LogP contribution in [0.2, 0.25) is 0 Å². The molecule has 2 amide bonds. The number of hydrogen-bond donors (Lipinski definition) is 2. The minimum absolute atomic E-state index is 0.0174. The SMILES string of the molecule is CCN(CC(=O)O)C1CCN(C(=O)C(C)NC(=O)CC2CCCCC2)CC1. The Bertz CT molecular complexity index is 511. The molecule has 1 saturated carbocycles. The first-order chi connectivity index (χ1) is 12.9. The summed E-state index contributed by atoms with van der Waals surface area (Å²) in [5, 5.41) is 11.9. The van der Waals surface area contributed by atoms with Gasteiger partial charge in [0.15, 0.2) is 0 Å². The summed E-state index contributed by atoms with van der Waals surface area (Å²) in [5.74, 6) is -0.404. The van der Waals surface area contributed by atoms with Crippen molar-refractivity contribution in [2.75, 3.05) is 26.2 Å². The number of likely N-dealkylation sites (tertiary alicyclic amines) is 1. The van der Waals surface area contributed by atoms with Crippen molar-refractivity contribution in [1.29, 1.82) is 0 Å². The minimum Gasteiger partial charge on any atom is -0.480 e. The van der Waals surface area contributed by atoms with Gasteiger partial charge in [-0.3, -0.25) is 19.3 Å². The van der Waals surface area contributed by atoms with Gasteiger partial charge in [-0.2, -0.15) is 0 Å². The van der Waals surface area contributed by atoms with Gasteiger partial charge in [-0.05, 0) is 45.1 Å². The average Bonchev–Trinajstić information content (AvgIpc) is 2.66. The van der Waals surface area contributed by atoms with Gasteiger partial charge in [0.05, 0.1) is 6.54 Å². The fraction of sp³-hybridized carbons (Fsp3) is 0.850. The third kappa shape index (κ3) is 6.79. The van der Waals surface area contributed by atoms with Crippen LogP contribution in [0.4, 0.5) is 0 Å². The fourth-order valence-electron chi connectivity index (χ4n) is 4.41. The summed E-state index contributed by atoms with van der Waals surface area (Å²) in [7, 11) is 0. The van der Waals surface area contributed by atoms with E-state index in [-0.39, 0.29) is 24.4 Å². The van der Waals surface area contributed by atoms with Crippen LogP contribution in [0, 0.1) is 5.92 Å². The number of carbonyl (C=O) groups is 3. The molecule has 0 bridgehead atoms. The summed E-state index contributed by atoms with van der Waals surface area (Å²) in [6, 6.07) is -0.301. The van der Waals surface area contributed by atoms with E-state index in [0.717, 1.165) is 25.7 Å². The second-order valence-electron chi connectivity index (χ2n) is 8.01. The van der Waals surface area contributed by atoms with Crippen LogP contribution in [0.3, 0.4) is 0 Å². The van der Waals surface area contributed by atoms with E-state index in [4.69, 9.17) is 5.11 Å². The van der Waals surface area contributed by atoms with E-state index in [1.54, 1.807) is 11.8 Å². The number of nitrogens with zero attached hydrogens (tertiary/aromatic N) is 2. The topological polar surface area (TPSA) is 90.0 Å². The number of carbonyl (C=O) groups excluding carboxylic acids is 2. The van der Waals surface area contributed by atoms with E-state index in [1.165, 1.54) is 19.3 Å². The maximum absolute atomic E-state index is 12.7. The predicted octanol–water partition coefficient (Wildman–Crippen LogP) is 1.86. The van der Waals surface area contributed by atoms with Gasteiger partial charge in [0.1, 0.15) is 6.04 Å². The van der Waals surface area contributed by atoms with E-state index in [1.807, 2.05) is 11.8 Å². The molecule has 1 unspecified atom stereocenters. The zero-order chi connectivity index (χ0) is 19.8. The van der Waals surface area contributed by atoms with Crippen LogP contribution < -0.4 is 5.32 Å². The molecule has 2 fully saturated rings. The number of carboxylic acids is 1. The zero-order valence-electron chi connectivity index (χ0n) is 16.8. The Balaban J connectivity index is 1.75. The first kappa shape index (κ1) is 21.7. The lowest BCUT2D eigenvalue weighted by Gasteiger charge is -2.38. The molecular weight excluding hydrogens is 346 g/mol. The van der Waals surface area contributed by atoms with Crippen LogP contribution >= 0.6 is 0 Å². The molecule has 2 N–H and O–H groups in total. The monoisotopic (exact) mass is 381 g/mol. The molecule has 7 heteroatoms. The summed E-state index contributed by atoms with van der Waals surface area (Å²) >= 11 is 0. The van der Waals surface area contributed by atoms with Crippen LogP contribution in [0.15, 0.2) is 0 Å². The van der Waals surface area contributed by atoms with Crippen LogP contribution in [0.25, 0.3) is 0 Å². The van der Waals surface area contributed by atoms with Crippen LogP contribution in [0.1, 0.15) is 65.2 Å². The molecule has 1 heterocycles. The quantitative estimate of drug-likeness (QED) is 0.670. The second-order valence-corrected chi connectivity index (χ2v) is 8.01. The van der Waals surface area contributed by atoms with Gasteiger partial charge in [-0.15, -0.1) is 0 Å². The Morgan fingerprint density at radius 1 is 1.11 bits per heavy atom. The minimum atomic E-state index is -0.815. The highest BCUT2D eigenvalue weighted by molar-refractivity contribution is 5.87. The van der Waals surface area contributed by atoms with Gasteiger partial charge < -0.3 is 15.3 Å². The number of carboxylic acid groups (broad SMARTS) is 1. The predicted molar refractivity (Wildman–Crippen MR) is 103 cm³/mol. The normalized spacial score (nSPS) is 20.5. The number of rotatable bonds is 8. The van der Waals surface area contributed by atoms with Gasteiger partial charge >= 0.3 is 5.97 Å². The largest absolute Gasteiger partial charge is 0.480 e. The number of piperidine rings is 1. The Kier molecular flexibility index (Phi) is 8.54. The number of likely N-dealkylation sites (N-methyl/N-ethyl adjacent to an activating group) is 1. The average molecular weight is 382 g/mol. The third-order valence-electron chi connectivity index (χ3n) is 5.98. The highest BCUT2D eigenvalue weighted by atomic mass is 16.4. The number of aliphatic carboxylic acids is 1. The third-order valence-corrected chi connectivity index (χ3v) is 5.98. The Labute approximate surface area is 162 Å². The van der Waals surface area contributed by atoms with Crippen molar-refractivity contribution >= 4 is 17.8 Å². The lowest BCUT2D eigenvalue weighted by molar-refractivity contribution is -0.140. The molecule has 154 valence electrons. The first-order valence-corrected chi connectivity index (χ1v) is 10.4. The maximum atomic E-state index is 12.7. The molecule has 1 atom stereocenters. The Morgan fingerprint density at radius 3 is 2.30 bits per heavy atom. The van der Waals surface area contributed by atoms with Gasteiger partial charge in [-0.25, -0.2) is 0 Å². The smallest absolute Gasteiger partial charge is 0.317 e. The molecule has 27 heavy (non-hydrogen) atoms. The molecule has 0 spiro atoms. The Morgan fingerprint density at radius 2 is 1.74 bits per heavy atom. The summed E-state index contributed by atoms with van der Waals surface area (Å²) in [5.41, 5.74) is 0. The van der Waals surface area contributed by atoms with Gasteiger partial charge in [0, 0.05) is 25.6 Å². The number of amides is 2.